The van der Waals surface area contributed by atoms with Gasteiger partial charge in [0.05, 0.1) is 18.7 Å². The maximum Gasteiger partial charge on any atom is 0.312 e. The van der Waals surface area contributed by atoms with E-state index in [0.29, 0.717) is 5.56 Å². The number of nitrogens with two attached hydrogens (primary N) is 1. The van der Waals surface area contributed by atoms with Crippen molar-refractivity contribution in [1.82, 2.24) is 26.1 Å². The van der Waals surface area contributed by atoms with Gasteiger partial charge in [0.25, 0.3) is 5.91 Å². The highest BCUT2D eigenvalue weighted by Gasteiger charge is 2.18. The van der Waals surface area contributed by atoms with E-state index < -0.39 is 23.9 Å². The first-order valence-corrected chi connectivity index (χ1v) is 7.02. The number of hydrogen-bond donors (Lipinski definition) is 4. The Morgan fingerprint density at radius 1 is 1.08 bits per heavy atom. The van der Waals surface area contributed by atoms with Crippen molar-refractivity contribution in [3.63, 3.8) is 0 Å². The van der Waals surface area contributed by atoms with Crippen LogP contribution in [0.2, 0.25) is 0 Å². The van der Waals surface area contributed by atoms with Crippen LogP contribution >= 0.6 is 0 Å². The third-order valence-corrected chi connectivity index (χ3v) is 3.02. The van der Waals surface area contributed by atoms with Crippen LogP contribution in [-0.2, 0) is 4.79 Å². The molecule has 0 aliphatic carbocycles. The van der Waals surface area contributed by atoms with Crippen LogP contribution in [0.3, 0.4) is 0 Å². The van der Waals surface area contributed by atoms with E-state index in [0.717, 1.165) is 0 Å². The number of carbonyl (C=O) groups excluding carboxylic acids is 3. The molecule has 4 amide bonds. The van der Waals surface area contributed by atoms with Crippen LogP contribution in [0.1, 0.15) is 28.5 Å². The summed E-state index contributed by atoms with van der Waals surface area (Å²) in [4.78, 5) is 42.4. The predicted molar refractivity (Wildman–Crippen MR) is 84.2 cm³/mol. The van der Waals surface area contributed by atoms with Gasteiger partial charge in [-0.15, -0.1) is 0 Å². The highest BCUT2D eigenvalue weighted by molar-refractivity contribution is 5.93. The molecule has 0 saturated heterocycles. The summed E-state index contributed by atoms with van der Waals surface area (Å²) in [5, 5.41) is 2.49. The Hall–Kier alpha value is -3.49. The van der Waals surface area contributed by atoms with Gasteiger partial charge in [0.2, 0.25) is 5.91 Å². The molecule has 2 aromatic rings. The van der Waals surface area contributed by atoms with Gasteiger partial charge < -0.3 is 11.1 Å². The zero-order valence-corrected chi connectivity index (χ0v) is 12.6. The molecule has 1 atom stereocenters. The molecule has 0 fully saturated rings. The number of nitrogens with one attached hydrogen (secondary N) is 3. The van der Waals surface area contributed by atoms with E-state index in [2.05, 4.69) is 26.1 Å². The van der Waals surface area contributed by atoms with Crippen molar-refractivity contribution < 1.29 is 14.4 Å². The number of primary amides is 1. The van der Waals surface area contributed by atoms with Crippen LogP contribution in [0.15, 0.2) is 48.9 Å². The lowest BCUT2D eigenvalue weighted by atomic mass is 10.0. The van der Waals surface area contributed by atoms with E-state index in [1.54, 1.807) is 24.3 Å². The quantitative estimate of drug-likeness (QED) is 0.574. The molecule has 0 bridgehead atoms. The number of hydrogen-bond acceptors (Lipinski definition) is 5. The topological polar surface area (TPSA) is 139 Å². The molecule has 0 saturated carbocycles. The summed E-state index contributed by atoms with van der Waals surface area (Å²) in [5.74, 6) is -1.11. The molecule has 24 heavy (non-hydrogen) atoms. The average Bonchev–Trinajstić information content (AvgIpc) is 2.60. The summed E-state index contributed by atoms with van der Waals surface area (Å²) >= 11 is 0. The number of carbonyl (C=O) groups is 3. The molecule has 2 rings (SSSR count). The summed E-state index contributed by atoms with van der Waals surface area (Å²) in [7, 11) is 0. The number of urea groups is 1. The molecule has 1 aromatic heterocycles. The molecule has 1 heterocycles. The minimum absolute atomic E-state index is 0.0627. The van der Waals surface area contributed by atoms with Crippen molar-refractivity contribution in [3.8, 4) is 0 Å². The fourth-order valence-corrected chi connectivity index (χ4v) is 1.95. The highest BCUT2D eigenvalue weighted by Crippen LogP contribution is 2.15. The molecule has 0 aliphatic heterocycles. The average molecular weight is 328 g/mol. The van der Waals surface area contributed by atoms with Gasteiger partial charge in [0.1, 0.15) is 5.69 Å². The van der Waals surface area contributed by atoms with Gasteiger partial charge >= 0.3 is 6.03 Å². The number of hydrazine groups is 1. The predicted octanol–water partition coefficient (Wildman–Crippen LogP) is 0.0373. The van der Waals surface area contributed by atoms with Crippen molar-refractivity contribution >= 4 is 17.8 Å². The summed E-state index contributed by atoms with van der Waals surface area (Å²) in [6, 6.07) is 7.51. The van der Waals surface area contributed by atoms with Gasteiger partial charge in [0, 0.05) is 12.4 Å². The van der Waals surface area contributed by atoms with E-state index in [-0.39, 0.29) is 12.1 Å². The smallest absolute Gasteiger partial charge is 0.312 e. The van der Waals surface area contributed by atoms with E-state index in [4.69, 9.17) is 5.73 Å². The molecule has 124 valence electrons. The van der Waals surface area contributed by atoms with Crippen LogP contribution in [0.4, 0.5) is 4.79 Å². The van der Waals surface area contributed by atoms with Crippen LogP contribution in [0.25, 0.3) is 0 Å². The Morgan fingerprint density at radius 2 is 1.83 bits per heavy atom. The van der Waals surface area contributed by atoms with Gasteiger partial charge in [-0.3, -0.25) is 25.4 Å². The van der Waals surface area contributed by atoms with Gasteiger partial charge in [0.15, 0.2) is 0 Å². The Labute approximate surface area is 137 Å². The highest BCUT2D eigenvalue weighted by atomic mass is 16.2. The normalized spacial score (nSPS) is 11.2. The molecule has 0 aliphatic rings. The molecular formula is C15H16N6O3. The van der Waals surface area contributed by atoms with Crippen LogP contribution in [-0.4, -0.2) is 27.8 Å². The number of nitrogens with zero attached hydrogens (tertiary/aromatic N) is 2. The Bertz CT molecular complexity index is 708. The maximum atomic E-state index is 12.0. The van der Waals surface area contributed by atoms with E-state index in [1.165, 1.54) is 18.6 Å². The summed E-state index contributed by atoms with van der Waals surface area (Å²) in [6.07, 6.45) is 3.95. The van der Waals surface area contributed by atoms with Crippen molar-refractivity contribution in [2.24, 2.45) is 5.73 Å². The zero-order chi connectivity index (χ0) is 17.4. The number of rotatable bonds is 5. The molecule has 1 aromatic carbocycles. The van der Waals surface area contributed by atoms with E-state index in [9.17, 15) is 14.4 Å². The first-order valence-electron chi connectivity index (χ1n) is 7.02. The van der Waals surface area contributed by atoms with E-state index in [1.807, 2.05) is 6.07 Å². The van der Waals surface area contributed by atoms with Gasteiger partial charge in [-0.2, -0.15) is 0 Å². The Morgan fingerprint density at radius 3 is 2.46 bits per heavy atom. The molecule has 0 radical (unpaired) electrons. The van der Waals surface area contributed by atoms with Gasteiger partial charge in [-0.1, -0.05) is 30.3 Å². The number of amides is 4. The standard InChI is InChI=1S/C15H16N6O3/c16-15(24)19-11(10-4-2-1-3-5-10)8-13(22)20-21-14(23)12-9-17-6-7-18-12/h1-7,9,11H,8H2,(H,20,22)(H,21,23)(H3,16,19,24). The second-order valence-electron chi connectivity index (χ2n) is 4.77. The lowest BCUT2D eigenvalue weighted by Crippen LogP contribution is -2.44. The van der Waals surface area contributed by atoms with Gasteiger partial charge in [-0.05, 0) is 5.56 Å². The Kier molecular flexibility index (Phi) is 5.78. The fourth-order valence-electron chi connectivity index (χ4n) is 1.95. The van der Waals surface area contributed by atoms with Crippen molar-refractivity contribution in [3.05, 3.63) is 60.2 Å². The van der Waals surface area contributed by atoms with Crippen LogP contribution in [0, 0.1) is 0 Å². The largest absolute Gasteiger partial charge is 0.352 e. The van der Waals surface area contributed by atoms with Gasteiger partial charge in [-0.25, -0.2) is 9.78 Å². The summed E-state index contributed by atoms with van der Waals surface area (Å²) in [5.41, 5.74) is 10.4. The minimum atomic E-state index is -0.750. The third kappa shape index (κ3) is 5.05. The number of benzene rings is 1. The first-order chi connectivity index (χ1) is 11.6. The molecule has 1 unspecified atom stereocenters. The monoisotopic (exact) mass is 328 g/mol. The van der Waals surface area contributed by atoms with E-state index >= 15 is 0 Å². The van der Waals surface area contributed by atoms with Crippen molar-refractivity contribution in [2.75, 3.05) is 0 Å². The second kappa shape index (κ2) is 8.22. The second-order valence-corrected chi connectivity index (χ2v) is 4.77. The van der Waals surface area contributed by atoms with Crippen LogP contribution in [0.5, 0.6) is 0 Å². The lowest BCUT2D eigenvalue weighted by Gasteiger charge is -2.17. The summed E-state index contributed by atoms with van der Waals surface area (Å²) < 4.78 is 0. The number of aromatic nitrogens is 2. The van der Waals surface area contributed by atoms with Crippen LogP contribution < -0.4 is 21.9 Å². The van der Waals surface area contributed by atoms with Crippen molar-refractivity contribution in [1.29, 1.82) is 0 Å². The fraction of sp³-hybridized carbons (Fsp3) is 0.133. The Balaban J connectivity index is 1.93. The SMILES string of the molecule is NC(=O)NC(CC(=O)NNC(=O)c1cnccn1)c1ccccc1. The molecule has 0 spiro atoms. The third-order valence-electron chi connectivity index (χ3n) is 3.02. The molecular weight excluding hydrogens is 312 g/mol. The van der Waals surface area contributed by atoms with Crippen molar-refractivity contribution in [2.45, 2.75) is 12.5 Å². The minimum Gasteiger partial charge on any atom is -0.352 e. The maximum absolute atomic E-state index is 12.0. The zero-order valence-electron chi connectivity index (χ0n) is 12.6. The molecule has 9 heteroatoms. The lowest BCUT2D eigenvalue weighted by molar-refractivity contribution is -0.122. The summed E-state index contributed by atoms with van der Waals surface area (Å²) in [6.45, 7) is 0. The first kappa shape index (κ1) is 16.9. The molecule has 5 N–H and O–H groups in total. The molecule has 9 nitrogen and oxygen atoms in total.